The van der Waals surface area contributed by atoms with Crippen LogP contribution in [0.25, 0.3) is 0 Å². The van der Waals surface area contributed by atoms with Gasteiger partial charge in [0.2, 0.25) is 0 Å². The molecule has 1 fully saturated rings. The number of aliphatic hydroxyl groups excluding tert-OH is 8. The van der Waals surface area contributed by atoms with Gasteiger partial charge in [0.15, 0.2) is 12.4 Å². The van der Waals surface area contributed by atoms with Crippen LogP contribution in [-0.2, 0) is 14.3 Å². The van der Waals surface area contributed by atoms with Gasteiger partial charge in [-0.2, -0.15) is 0 Å². The summed E-state index contributed by atoms with van der Waals surface area (Å²) in [5, 5.41) is 84.5. The van der Waals surface area contributed by atoms with E-state index >= 15 is 0 Å². The van der Waals surface area contributed by atoms with E-state index in [4.69, 9.17) is 24.8 Å². The molecule has 1 aliphatic rings. The van der Waals surface area contributed by atoms with Gasteiger partial charge in [0.1, 0.15) is 42.7 Å². The molecule has 13 heteroatoms. The largest absolute Gasteiger partial charge is 0.479 e. The molecule has 13 nitrogen and oxygen atoms in total. The van der Waals surface area contributed by atoms with Crippen molar-refractivity contribution in [2.75, 3.05) is 13.2 Å². The minimum absolute atomic E-state index is 0. The minimum Gasteiger partial charge on any atom is -0.479 e. The Morgan fingerprint density at radius 1 is 1.04 bits per heavy atom. The number of hydrogen-bond acceptors (Lipinski definition) is 12. The van der Waals surface area contributed by atoms with E-state index in [9.17, 15) is 35.4 Å². The zero-order chi connectivity index (χ0) is 18.6. The predicted octanol–water partition coefficient (Wildman–Crippen LogP) is -5.51. The summed E-state index contributed by atoms with van der Waals surface area (Å²) in [7, 11) is 0. The van der Waals surface area contributed by atoms with Gasteiger partial charge in [-0.05, 0) is 0 Å². The van der Waals surface area contributed by atoms with E-state index in [2.05, 4.69) is 0 Å². The summed E-state index contributed by atoms with van der Waals surface area (Å²) in [5.41, 5.74) is 0. The topological polar surface area (TPSA) is 253 Å². The molecule has 1 rings (SSSR count). The molecule has 1 saturated heterocycles. The van der Waals surface area contributed by atoms with Gasteiger partial charge in [-0.25, -0.2) is 4.79 Å². The Hall–Kier alpha value is -0.970. The second-order valence-corrected chi connectivity index (χ2v) is 5.32. The molecule has 0 aromatic carbocycles. The highest BCUT2D eigenvalue weighted by atomic mass is 16.7. The van der Waals surface area contributed by atoms with Gasteiger partial charge < -0.3 is 61.6 Å². The maximum atomic E-state index is 10.7. The fraction of sp³-hybridized carbons (Fsp3) is 0.917. The van der Waals surface area contributed by atoms with Gasteiger partial charge in [0.05, 0.1) is 13.2 Å². The highest BCUT2D eigenvalue weighted by Crippen LogP contribution is 2.24. The summed E-state index contributed by atoms with van der Waals surface area (Å²) >= 11 is 0. The monoisotopic (exact) mass is 375 g/mol. The Bertz CT molecular complexity index is 410. The van der Waals surface area contributed by atoms with Crippen molar-refractivity contribution in [1.29, 1.82) is 0 Å². The molecule has 25 heavy (non-hydrogen) atoms. The maximum absolute atomic E-state index is 10.7. The van der Waals surface area contributed by atoms with Crippen LogP contribution in [0.1, 0.15) is 0 Å². The molecule has 1 heterocycles. The Kier molecular flexibility index (Phi) is 9.85. The molecule has 0 amide bonds. The van der Waals surface area contributed by atoms with Crippen molar-refractivity contribution in [3.63, 3.8) is 0 Å². The third-order valence-electron chi connectivity index (χ3n) is 3.62. The van der Waals surface area contributed by atoms with Gasteiger partial charge in [-0.3, -0.25) is 0 Å². The van der Waals surface area contributed by atoms with Gasteiger partial charge in [-0.1, -0.05) is 0 Å². The van der Waals surface area contributed by atoms with Crippen LogP contribution in [0.15, 0.2) is 0 Å². The van der Waals surface area contributed by atoms with Crippen LogP contribution in [0.2, 0.25) is 0 Å². The number of carbonyl (C=O) groups is 1. The Morgan fingerprint density at radius 3 is 2.04 bits per heavy atom. The second-order valence-electron chi connectivity index (χ2n) is 5.32. The third kappa shape index (κ3) is 5.50. The first-order valence-corrected chi connectivity index (χ1v) is 6.99. The van der Waals surface area contributed by atoms with Gasteiger partial charge >= 0.3 is 5.97 Å². The van der Waals surface area contributed by atoms with E-state index in [-0.39, 0.29) is 6.15 Å². The number of hydrogen-bond donors (Lipinski definition) is 10. The number of aliphatic hydroxyl groups is 8. The van der Waals surface area contributed by atoms with Crippen molar-refractivity contribution in [3.8, 4) is 0 Å². The number of carboxylic acids is 1. The van der Waals surface area contributed by atoms with Crippen molar-refractivity contribution in [2.24, 2.45) is 0 Å². The lowest BCUT2D eigenvalue weighted by molar-refractivity contribution is -0.326. The average Bonchev–Trinajstić information content (AvgIpc) is 2.57. The first-order chi connectivity index (χ1) is 11.1. The molecule has 12 N–H and O–H groups in total. The van der Waals surface area contributed by atoms with Gasteiger partial charge in [0.25, 0.3) is 0 Å². The molecule has 0 saturated carbocycles. The van der Waals surface area contributed by atoms with Crippen LogP contribution in [0, 0.1) is 0 Å². The number of aliphatic carboxylic acids is 1. The first kappa shape index (κ1) is 24.0. The molecule has 9 atom stereocenters. The van der Waals surface area contributed by atoms with Gasteiger partial charge in [-0.15, -0.1) is 0 Å². The van der Waals surface area contributed by atoms with Gasteiger partial charge in [0, 0.05) is 0 Å². The Labute approximate surface area is 141 Å². The van der Waals surface area contributed by atoms with Crippen LogP contribution in [0.5, 0.6) is 0 Å². The first-order valence-electron chi connectivity index (χ1n) is 6.99. The fourth-order valence-electron chi connectivity index (χ4n) is 2.16. The van der Waals surface area contributed by atoms with Crippen molar-refractivity contribution in [2.45, 2.75) is 55.1 Å². The summed E-state index contributed by atoms with van der Waals surface area (Å²) < 4.78 is 9.98. The molecule has 150 valence electrons. The molecular formula is C12H25NO12. The minimum atomic E-state index is -2.39. The van der Waals surface area contributed by atoms with Crippen LogP contribution >= 0.6 is 0 Å². The standard InChI is InChI=1S/C12H22O12.H3N/c13-1-3(15)10(7(18)8(19)11(21)22)24-12-9(20)6(17)5(16)4(2-14)23-12;/h3-10,12-20H,1-2H2,(H,21,22);1H3/t3?,4-,5-,6+,7-,8+,9-,10-,12+;/m1./s1. The summed E-state index contributed by atoms with van der Waals surface area (Å²) in [6.45, 7) is -1.76. The summed E-state index contributed by atoms with van der Waals surface area (Å²) in [4.78, 5) is 10.7. The average molecular weight is 375 g/mol. The zero-order valence-corrected chi connectivity index (χ0v) is 13.1. The quantitative estimate of drug-likeness (QED) is 0.190. The van der Waals surface area contributed by atoms with Crippen LogP contribution in [-0.4, -0.2) is 120 Å². The predicted molar refractivity (Wildman–Crippen MR) is 76.4 cm³/mol. The van der Waals surface area contributed by atoms with Crippen molar-refractivity contribution in [1.82, 2.24) is 6.15 Å². The highest BCUT2D eigenvalue weighted by molar-refractivity contribution is 5.72. The van der Waals surface area contributed by atoms with Crippen molar-refractivity contribution < 1.29 is 60.2 Å². The molecule has 0 spiro atoms. The lowest BCUT2D eigenvalue weighted by Crippen LogP contribution is -2.61. The lowest BCUT2D eigenvalue weighted by Gasteiger charge is -2.42. The molecule has 1 aliphatic heterocycles. The molecule has 0 radical (unpaired) electrons. The summed E-state index contributed by atoms with van der Waals surface area (Å²) in [6, 6.07) is 0. The molecule has 0 aromatic heterocycles. The third-order valence-corrected chi connectivity index (χ3v) is 3.62. The van der Waals surface area contributed by atoms with Crippen LogP contribution in [0.4, 0.5) is 0 Å². The normalized spacial score (nSPS) is 34.5. The van der Waals surface area contributed by atoms with Crippen molar-refractivity contribution >= 4 is 5.97 Å². The molecule has 1 unspecified atom stereocenters. The zero-order valence-electron chi connectivity index (χ0n) is 13.1. The number of carboxylic acid groups (broad SMARTS) is 1. The fourth-order valence-corrected chi connectivity index (χ4v) is 2.16. The Balaban J connectivity index is 0.00000576. The second kappa shape index (κ2) is 10.2. The van der Waals surface area contributed by atoms with Crippen molar-refractivity contribution in [3.05, 3.63) is 0 Å². The highest BCUT2D eigenvalue weighted by Gasteiger charge is 2.47. The van der Waals surface area contributed by atoms with E-state index in [1.165, 1.54) is 0 Å². The van der Waals surface area contributed by atoms with Crippen LogP contribution in [0.3, 0.4) is 0 Å². The van der Waals surface area contributed by atoms with E-state index in [1.807, 2.05) is 0 Å². The lowest BCUT2D eigenvalue weighted by atomic mass is 9.98. The van der Waals surface area contributed by atoms with Crippen LogP contribution < -0.4 is 6.15 Å². The number of ether oxygens (including phenoxy) is 2. The smallest absolute Gasteiger partial charge is 0.335 e. The van der Waals surface area contributed by atoms with E-state index in [1.54, 1.807) is 0 Å². The molecule has 0 bridgehead atoms. The van der Waals surface area contributed by atoms with E-state index in [0.29, 0.717) is 0 Å². The molecule has 0 aliphatic carbocycles. The Morgan fingerprint density at radius 2 is 1.60 bits per heavy atom. The summed E-state index contributed by atoms with van der Waals surface area (Å²) in [6.07, 6.45) is -16.9. The van der Waals surface area contributed by atoms with E-state index < -0.39 is 74.3 Å². The maximum Gasteiger partial charge on any atom is 0.335 e. The SMILES string of the molecule is N.O=C(O)[C@@H](O)[C@@H](O)[C@H](O[C@@H]1O[C@H](CO)[C@@H](O)[C@H](O)[C@H]1O)C(O)CO. The molecular weight excluding hydrogens is 350 g/mol. The number of rotatable bonds is 8. The van der Waals surface area contributed by atoms with E-state index in [0.717, 1.165) is 0 Å². The molecule has 0 aromatic rings. The summed E-state index contributed by atoms with van der Waals surface area (Å²) in [5.74, 6) is -1.84.